The Bertz CT molecular complexity index is 935. The van der Waals surface area contributed by atoms with Crippen LogP contribution in [0, 0.1) is 0 Å². The molecule has 1 N–H and O–H groups in total. The average molecular weight is 390 g/mol. The molecule has 1 saturated heterocycles. The number of para-hydroxylation sites is 1. The van der Waals surface area contributed by atoms with Crippen molar-refractivity contribution in [1.29, 1.82) is 0 Å². The van der Waals surface area contributed by atoms with Gasteiger partial charge in [-0.15, -0.1) is 0 Å². The first-order chi connectivity index (χ1) is 14.3. The highest BCUT2D eigenvalue weighted by Gasteiger charge is 2.20. The van der Waals surface area contributed by atoms with E-state index in [0.29, 0.717) is 13.2 Å². The molecule has 0 aliphatic carbocycles. The van der Waals surface area contributed by atoms with Crippen LogP contribution >= 0.6 is 0 Å². The molecule has 1 aliphatic rings. The van der Waals surface area contributed by atoms with Crippen LogP contribution in [-0.4, -0.2) is 60.1 Å². The quantitative estimate of drug-likeness (QED) is 0.657. The fraction of sp³-hybridized carbons (Fsp3) is 0.304. The number of nitrogens with one attached hydrogen (secondary N) is 1. The van der Waals surface area contributed by atoms with Gasteiger partial charge in [0.15, 0.2) is 0 Å². The van der Waals surface area contributed by atoms with Gasteiger partial charge >= 0.3 is 6.03 Å². The van der Waals surface area contributed by atoms with E-state index in [-0.39, 0.29) is 6.03 Å². The second-order valence-corrected chi connectivity index (χ2v) is 7.16. The minimum atomic E-state index is -0.0241. The van der Waals surface area contributed by atoms with Crippen molar-refractivity contribution in [3.63, 3.8) is 0 Å². The molecule has 0 atom stereocenters. The summed E-state index contributed by atoms with van der Waals surface area (Å²) < 4.78 is 5.84. The summed E-state index contributed by atoms with van der Waals surface area (Å²) in [5.41, 5.74) is 2.15. The van der Waals surface area contributed by atoms with Crippen molar-refractivity contribution in [2.75, 3.05) is 39.3 Å². The maximum atomic E-state index is 12.4. The smallest absolute Gasteiger partial charge is 0.317 e. The van der Waals surface area contributed by atoms with Crippen LogP contribution in [0.25, 0.3) is 10.9 Å². The summed E-state index contributed by atoms with van der Waals surface area (Å²) in [6.07, 6.45) is 1.76. The number of fused-ring (bicyclic) bond motifs is 1. The van der Waals surface area contributed by atoms with E-state index in [1.54, 1.807) is 6.20 Å². The van der Waals surface area contributed by atoms with Gasteiger partial charge in [0.2, 0.25) is 0 Å². The van der Waals surface area contributed by atoms with Crippen LogP contribution in [-0.2, 0) is 6.54 Å². The number of piperazine rings is 1. The number of carbonyl (C=O) groups is 1. The molecule has 4 rings (SSSR count). The Morgan fingerprint density at radius 1 is 0.966 bits per heavy atom. The van der Waals surface area contributed by atoms with Crippen molar-refractivity contribution in [2.45, 2.75) is 6.54 Å². The Kier molecular flexibility index (Phi) is 6.22. The normalized spacial score (nSPS) is 14.7. The Balaban J connectivity index is 1.19. The minimum absolute atomic E-state index is 0.0241. The van der Waals surface area contributed by atoms with E-state index >= 15 is 0 Å². The molecule has 29 heavy (non-hydrogen) atoms. The molecule has 0 bridgehead atoms. The molecule has 6 nitrogen and oxygen atoms in total. The molecule has 1 aromatic heterocycles. The van der Waals surface area contributed by atoms with Crippen LogP contribution in [0.3, 0.4) is 0 Å². The van der Waals surface area contributed by atoms with Gasteiger partial charge in [-0.1, -0.05) is 48.5 Å². The predicted molar refractivity (Wildman–Crippen MR) is 114 cm³/mol. The SMILES string of the molecule is O=C(NCCOc1cccc2cccnc12)N1CCN(Cc2ccccc2)CC1. The van der Waals surface area contributed by atoms with Crippen LogP contribution < -0.4 is 10.1 Å². The molecular formula is C23H26N4O2. The predicted octanol–water partition coefficient (Wildman–Crippen LogP) is 3.14. The van der Waals surface area contributed by atoms with Gasteiger partial charge in [-0.3, -0.25) is 9.88 Å². The van der Waals surface area contributed by atoms with Crippen molar-refractivity contribution in [3.05, 3.63) is 72.4 Å². The molecular weight excluding hydrogens is 364 g/mol. The van der Waals surface area contributed by atoms with Crippen molar-refractivity contribution in [3.8, 4) is 5.75 Å². The number of hydrogen-bond donors (Lipinski definition) is 1. The summed E-state index contributed by atoms with van der Waals surface area (Å²) in [4.78, 5) is 21.1. The maximum absolute atomic E-state index is 12.4. The van der Waals surface area contributed by atoms with E-state index in [2.05, 4.69) is 39.5 Å². The highest BCUT2D eigenvalue weighted by molar-refractivity contribution is 5.84. The van der Waals surface area contributed by atoms with Crippen LogP contribution in [0.4, 0.5) is 4.79 Å². The van der Waals surface area contributed by atoms with E-state index in [1.807, 2.05) is 41.3 Å². The maximum Gasteiger partial charge on any atom is 0.317 e. The number of amides is 2. The molecule has 150 valence electrons. The number of hydrogen-bond acceptors (Lipinski definition) is 4. The number of carbonyl (C=O) groups excluding carboxylic acids is 1. The van der Waals surface area contributed by atoms with Crippen molar-refractivity contribution in [2.24, 2.45) is 0 Å². The minimum Gasteiger partial charge on any atom is -0.489 e. The number of pyridine rings is 1. The zero-order valence-electron chi connectivity index (χ0n) is 16.5. The van der Waals surface area contributed by atoms with Gasteiger partial charge in [0, 0.05) is 44.3 Å². The monoisotopic (exact) mass is 390 g/mol. The van der Waals surface area contributed by atoms with Gasteiger partial charge < -0.3 is 15.0 Å². The molecule has 2 amide bonds. The van der Waals surface area contributed by atoms with Crippen molar-refractivity contribution in [1.82, 2.24) is 20.1 Å². The van der Waals surface area contributed by atoms with Crippen LogP contribution in [0.5, 0.6) is 5.75 Å². The zero-order valence-corrected chi connectivity index (χ0v) is 16.5. The summed E-state index contributed by atoms with van der Waals surface area (Å²) >= 11 is 0. The second-order valence-electron chi connectivity index (χ2n) is 7.16. The summed E-state index contributed by atoms with van der Waals surface area (Å²) in [7, 11) is 0. The van der Waals surface area contributed by atoms with Crippen molar-refractivity contribution >= 4 is 16.9 Å². The molecule has 3 aromatic rings. The molecule has 0 spiro atoms. The Labute approximate surface area is 171 Å². The van der Waals surface area contributed by atoms with E-state index in [4.69, 9.17) is 4.74 Å². The van der Waals surface area contributed by atoms with Crippen molar-refractivity contribution < 1.29 is 9.53 Å². The highest BCUT2D eigenvalue weighted by atomic mass is 16.5. The molecule has 0 unspecified atom stereocenters. The van der Waals surface area contributed by atoms with Crippen LogP contribution in [0.1, 0.15) is 5.56 Å². The van der Waals surface area contributed by atoms with Gasteiger partial charge in [0.25, 0.3) is 0 Å². The van der Waals surface area contributed by atoms with Crippen LogP contribution in [0.2, 0.25) is 0 Å². The Hall–Kier alpha value is -3.12. The first kappa shape index (κ1) is 19.2. The average Bonchev–Trinajstić information content (AvgIpc) is 2.78. The summed E-state index contributed by atoms with van der Waals surface area (Å²) in [6, 6.07) is 20.2. The van der Waals surface area contributed by atoms with Gasteiger partial charge in [-0.05, 0) is 17.7 Å². The van der Waals surface area contributed by atoms with E-state index < -0.39 is 0 Å². The van der Waals surface area contributed by atoms with E-state index in [9.17, 15) is 4.79 Å². The lowest BCUT2D eigenvalue weighted by molar-refractivity contribution is 0.134. The number of rotatable bonds is 6. The molecule has 0 radical (unpaired) electrons. The highest BCUT2D eigenvalue weighted by Crippen LogP contribution is 2.22. The fourth-order valence-corrected chi connectivity index (χ4v) is 3.57. The third kappa shape index (κ3) is 5.03. The topological polar surface area (TPSA) is 57.7 Å². The largest absolute Gasteiger partial charge is 0.489 e. The van der Waals surface area contributed by atoms with Gasteiger partial charge in [0.05, 0.1) is 6.54 Å². The van der Waals surface area contributed by atoms with Gasteiger partial charge in [-0.25, -0.2) is 4.79 Å². The Morgan fingerprint density at radius 2 is 1.76 bits per heavy atom. The second kappa shape index (κ2) is 9.39. The number of nitrogens with zero attached hydrogens (tertiary/aromatic N) is 3. The molecule has 1 fully saturated rings. The third-order valence-electron chi connectivity index (χ3n) is 5.14. The lowest BCUT2D eigenvalue weighted by atomic mass is 10.2. The fourth-order valence-electron chi connectivity index (χ4n) is 3.57. The molecule has 0 saturated carbocycles. The van der Waals surface area contributed by atoms with Gasteiger partial charge in [0.1, 0.15) is 17.9 Å². The lowest BCUT2D eigenvalue weighted by Crippen LogP contribution is -2.51. The van der Waals surface area contributed by atoms with Crippen LogP contribution in [0.15, 0.2) is 66.9 Å². The summed E-state index contributed by atoms with van der Waals surface area (Å²) in [5, 5.41) is 4.00. The first-order valence-electron chi connectivity index (χ1n) is 10.1. The third-order valence-corrected chi connectivity index (χ3v) is 5.14. The zero-order chi connectivity index (χ0) is 19.9. The molecule has 1 aliphatic heterocycles. The number of ether oxygens (including phenoxy) is 1. The molecule has 2 aromatic carbocycles. The Morgan fingerprint density at radius 3 is 2.59 bits per heavy atom. The summed E-state index contributed by atoms with van der Waals surface area (Å²) in [6.45, 7) is 5.07. The van der Waals surface area contributed by atoms with E-state index in [0.717, 1.165) is 49.4 Å². The summed E-state index contributed by atoms with van der Waals surface area (Å²) in [5.74, 6) is 0.742. The number of aromatic nitrogens is 1. The first-order valence-corrected chi connectivity index (χ1v) is 10.1. The standard InChI is InChI=1S/C23H26N4O2/c28-23(27-15-13-26(14-16-27)18-19-6-2-1-3-7-19)25-12-17-29-21-10-4-8-20-9-5-11-24-22(20)21/h1-11H,12-18H2,(H,25,28). The number of benzene rings is 2. The lowest BCUT2D eigenvalue weighted by Gasteiger charge is -2.34. The molecule has 2 heterocycles. The molecule has 6 heteroatoms. The number of urea groups is 1. The van der Waals surface area contributed by atoms with Gasteiger partial charge in [-0.2, -0.15) is 0 Å². The van der Waals surface area contributed by atoms with E-state index in [1.165, 1.54) is 5.56 Å².